The Hall–Kier alpha value is -3.47. The molecule has 0 aliphatic carbocycles. The lowest BCUT2D eigenvalue weighted by Crippen LogP contribution is -2.33. The number of esters is 2. The molecule has 0 spiro atoms. The van der Waals surface area contributed by atoms with Crippen molar-refractivity contribution in [2.24, 2.45) is 7.05 Å². The first-order valence-electron chi connectivity index (χ1n) is 10.6. The molecule has 1 aliphatic heterocycles. The van der Waals surface area contributed by atoms with Gasteiger partial charge in [0.25, 0.3) is 5.56 Å². The zero-order valence-corrected chi connectivity index (χ0v) is 19.3. The number of aliphatic hydroxyl groups is 1. The lowest BCUT2D eigenvalue weighted by Gasteiger charge is -2.16. The van der Waals surface area contributed by atoms with Gasteiger partial charge >= 0.3 is 24.9 Å². The molecule has 2 aromatic heterocycles. The van der Waals surface area contributed by atoms with E-state index in [4.69, 9.17) is 14.2 Å². The zero-order valence-electron chi connectivity index (χ0n) is 19.3. The van der Waals surface area contributed by atoms with Crippen molar-refractivity contribution >= 4 is 19.2 Å². The van der Waals surface area contributed by atoms with E-state index in [1.54, 1.807) is 0 Å². The molecular formula is C19H25BF4N4O8. The number of ether oxygens (including phenoxy) is 3. The van der Waals surface area contributed by atoms with Crippen LogP contribution in [0.25, 0.3) is 0 Å². The molecule has 1 aliphatic rings. The molecule has 12 nitrogen and oxygen atoms in total. The number of hydrogen-bond donors (Lipinski definition) is 2. The van der Waals surface area contributed by atoms with Crippen LogP contribution in [-0.2, 0) is 37.4 Å². The third-order valence-corrected chi connectivity index (χ3v) is 4.82. The molecule has 36 heavy (non-hydrogen) atoms. The monoisotopic (exact) mass is 524 g/mol. The van der Waals surface area contributed by atoms with Gasteiger partial charge in [-0.25, -0.2) is 13.9 Å². The predicted molar refractivity (Wildman–Crippen MR) is 113 cm³/mol. The quantitative estimate of drug-likeness (QED) is 0.156. The van der Waals surface area contributed by atoms with Gasteiger partial charge < -0.3 is 36.6 Å². The van der Waals surface area contributed by atoms with Gasteiger partial charge in [0.1, 0.15) is 50.4 Å². The molecule has 0 aromatic carbocycles. The van der Waals surface area contributed by atoms with Crippen molar-refractivity contribution < 1.29 is 50.7 Å². The second-order valence-corrected chi connectivity index (χ2v) is 7.76. The van der Waals surface area contributed by atoms with Gasteiger partial charge in [0.15, 0.2) is 0 Å². The fourth-order valence-electron chi connectivity index (χ4n) is 3.24. The molecule has 0 radical (unpaired) electrons. The van der Waals surface area contributed by atoms with Crippen LogP contribution in [-0.4, -0.2) is 63.8 Å². The first-order chi connectivity index (χ1) is 16.8. The van der Waals surface area contributed by atoms with Crippen molar-refractivity contribution in [2.45, 2.75) is 44.7 Å². The Bertz CT molecular complexity index is 1160. The first-order valence-corrected chi connectivity index (χ1v) is 10.6. The predicted octanol–water partition coefficient (Wildman–Crippen LogP) is -0.404. The fourth-order valence-corrected chi connectivity index (χ4v) is 3.24. The number of hydrogen-bond acceptors (Lipinski definition) is 8. The summed E-state index contributed by atoms with van der Waals surface area (Å²) >= 11 is 0. The molecule has 3 atom stereocenters. The minimum absolute atomic E-state index is 0.0715. The smallest absolute Gasteiger partial charge is 0.461 e. The summed E-state index contributed by atoms with van der Waals surface area (Å²) in [4.78, 5) is 49.8. The Kier molecular flexibility index (Phi) is 9.98. The maximum Gasteiger partial charge on any atom is 0.673 e. The van der Waals surface area contributed by atoms with E-state index in [9.17, 15) is 41.5 Å². The maximum atomic E-state index is 12.1. The van der Waals surface area contributed by atoms with Crippen molar-refractivity contribution in [3.8, 4) is 0 Å². The van der Waals surface area contributed by atoms with Gasteiger partial charge in [-0.2, -0.15) is 0 Å². The van der Waals surface area contributed by atoms with E-state index in [1.807, 2.05) is 34.9 Å². The van der Waals surface area contributed by atoms with Crippen LogP contribution in [0.2, 0.25) is 0 Å². The summed E-state index contributed by atoms with van der Waals surface area (Å²) in [5.74, 6) is -1.56. The van der Waals surface area contributed by atoms with Crippen molar-refractivity contribution in [2.75, 3.05) is 13.2 Å². The van der Waals surface area contributed by atoms with Gasteiger partial charge in [0, 0.05) is 18.2 Å². The van der Waals surface area contributed by atoms with Crippen LogP contribution in [0, 0.1) is 6.92 Å². The highest BCUT2D eigenvalue weighted by molar-refractivity contribution is 6.50. The number of aliphatic hydroxyl groups excluding tert-OH is 1. The molecule has 1 fully saturated rings. The van der Waals surface area contributed by atoms with Gasteiger partial charge in [-0.1, -0.05) is 0 Å². The van der Waals surface area contributed by atoms with Crippen LogP contribution in [0.3, 0.4) is 0 Å². The molecule has 0 amide bonds. The molecule has 200 valence electrons. The van der Waals surface area contributed by atoms with E-state index in [-0.39, 0.29) is 13.0 Å². The van der Waals surface area contributed by atoms with E-state index in [0.29, 0.717) is 12.1 Å². The summed E-state index contributed by atoms with van der Waals surface area (Å²) in [6.07, 6.45) is 3.73. The topological polar surface area (TPSA) is 146 Å². The number of nitrogens with zero attached hydrogens (tertiary/aromatic N) is 3. The Morgan fingerprint density at radius 1 is 1.28 bits per heavy atom. The van der Waals surface area contributed by atoms with E-state index in [1.165, 1.54) is 17.7 Å². The molecule has 0 unspecified atom stereocenters. The Morgan fingerprint density at radius 2 is 1.94 bits per heavy atom. The lowest BCUT2D eigenvalue weighted by molar-refractivity contribution is -0.671. The number of imidazole rings is 1. The van der Waals surface area contributed by atoms with Gasteiger partial charge in [-0.05, 0) is 6.92 Å². The average Bonchev–Trinajstić information content (AvgIpc) is 3.35. The van der Waals surface area contributed by atoms with Crippen LogP contribution in [0.5, 0.6) is 0 Å². The third kappa shape index (κ3) is 9.29. The molecule has 0 bridgehead atoms. The van der Waals surface area contributed by atoms with Crippen molar-refractivity contribution in [3.05, 3.63) is 51.3 Å². The molecule has 2 N–H and O–H groups in total. The van der Waals surface area contributed by atoms with Crippen LogP contribution in [0.15, 0.2) is 34.5 Å². The van der Waals surface area contributed by atoms with Crippen LogP contribution >= 0.6 is 0 Å². The number of halogens is 4. The number of aryl methyl sites for hydroxylation is 2. The third-order valence-electron chi connectivity index (χ3n) is 4.82. The number of rotatable bonds is 8. The Labute approximate surface area is 201 Å². The van der Waals surface area contributed by atoms with Crippen LogP contribution in [0.1, 0.15) is 24.6 Å². The summed E-state index contributed by atoms with van der Waals surface area (Å²) in [7, 11) is -4.13. The van der Waals surface area contributed by atoms with Crippen LogP contribution < -0.4 is 15.8 Å². The summed E-state index contributed by atoms with van der Waals surface area (Å²) in [6.45, 7) is 1.62. The number of carbonyl (C=O) groups excluding carboxylic acids is 2. The number of H-pyrrole nitrogens is 1. The van der Waals surface area contributed by atoms with E-state index < -0.39 is 61.9 Å². The zero-order chi connectivity index (χ0) is 27.0. The molecule has 0 saturated carbocycles. The minimum atomic E-state index is -6.00. The molecule has 3 rings (SSSR count). The fraction of sp³-hybridized carbons (Fsp3) is 0.526. The summed E-state index contributed by atoms with van der Waals surface area (Å²) in [5.41, 5.74) is -0.880. The minimum Gasteiger partial charge on any atom is -0.461 e. The SMILES string of the molecule is Cc1cn([C@H]2C[C@H](OC(=O)CC(=O)OCCn3cc[n+](C)c3)[C@@H](CO)O2)c(=O)[nH]c1=O.F[B-](F)(F)F. The second-order valence-electron chi connectivity index (χ2n) is 7.76. The van der Waals surface area contributed by atoms with Gasteiger partial charge in [-0.3, -0.25) is 23.9 Å². The molecular weight excluding hydrogens is 499 g/mol. The Balaban J connectivity index is 0.000000830. The molecule has 3 heterocycles. The average molecular weight is 524 g/mol. The highest BCUT2D eigenvalue weighted by Crippen LogP contribution is 2.30. The van der Waals surface area contributed by atoms with Gasteiger partial charge in [-0.15, -0.1) is 0 Å². The molecule has 17 heteroatoms. The molecule has 2 aromatic rings. The first kappa shape index (κ1) is 28.8. The summed E-state index contributed by atoms with van der Waals surface area (Å²) < 4.78 is 59.8. The van der Waals surface area contributed by atoms with Crippen molar-refractivity contribution in [1.82, 2.24) is 14.1 Å². The largest absolute Gasteiger partial charge is 0.673 e. The van der Waals surface area contributed by atoms with Gasteiger partial charge in [0.05, 0.1) is 13.7 Å². The number of nitrogens with one attached hydrogen (secondary N) is 1. The molecule has 1 saturated heterocycles. The number of aromatic amines is 1. The van der Waals surface area contributed by atoms with Crippen molar-refractivity contribution in [3.63, 3.8) is 0 Å². The number of aromatic nitrogens is 4. The van der Waals surface area contributed by atoms with Crippen LogP contribution in [0.4, 0.5) is 17.3 Å². The van der Waals surface area contributed by atoms with Crippen molar-refractivity contribution in [1.29, 1.82) is 0 Å². The van der Waals surface area contributed by atoms with Gasteiger partial charge in [0.2, 0.25) is 6.33 Å². The highest BCUT2D eigenvalue weighted by atomic mass is 19.5. The van der Waals surface area contributed by atoms with E-state index in [2.05, 4.69) is 4.98 Å². The Morgan fingerprint density at radius 3 is 2.53 bits per heavy atom. The number of carbonyl (C=O) groups is 2. The highest BCUT2D eigenvalue weighted by Gasteiger charge is 2.39. The summed E-state index contributed by atoms with van der Waals surface area (Å²) in [5, 5.41) is 9.53. The normalized spacial score (nSPS) is 19.4. The standard InChI is InChI=1S/C19H24N4O8.BF4/c1-12-9-23(19(28)20-18(12)27)15-7-13(14(10-24)30-15)31-17(26)8-16(25)29-6-5-22-4-3-21(2)11-22;2-1(3,4)5/h3-4,9,11,13-15,24H,5-8,10H2,1-2H3;/q;-1/p+1/t13-,14+,15+;/m0./s1. The lowest BCUT2D eigenvalue weighted by atomic mass is 10.2. The van der Waals surface area contributed by atoms with E-state index >= 15 is 0 Å². The summed E-state index contributed by atoms with van der Waals surface area (Å²) in [6, 6.07) is 0. The maximum absolute atomic E-state index is 12.1. The van der Waals surface area contributed by atoms with E-state index in [0.717, 1.165) is 0 Å². The second kappa shape index (κ2) is 12.5.